The highest BCUT2D eigenvalue weighted by Gasteiger charge is 2.29. The second-order valence-electron chi connectivity index (χ2n) is 6.21. The molecule has 2 atom stereocenters. The predicted molar refractivity (Wildman–Crippen MR) is 85.8 cm³/mol. The summed E-state index contributed by atoms with van der Waals surface area (Å²) in [6.07, 6.45) is 3.14. The number of benzene rings is 1. The van der Waals surface area contributed by atoms with E-state index in [2.05, 4.69) is 17.0 Å². The quantitative estimate of drug-likeness (QED) is 0.878. The summed E-state index contributed by atoms with van der Waals surface area (Å²) < 4.78 is 28.3. The van der Waals surface area contributed by atoms with Crippen molar-refractivity contribution >= 4 is 10.0 Å². The van der Waals surface area contributed by atoms with E-state index >= 15 is 0 Å². The SMILES string of the molecule is CNCc1cc(S(=O)(=O)NC2CCCC2C)c(C)cc1C. The molecule has 2 N–H and O–H groups in total. The Morgan fingerprint density at radius 2 is 1.90 bits per heavy atom. The van der Waals surface area contributed by atoms with Crippen molar-refractivity contribution in [2.45, 2.75) is 57.5 Å². The summed E-state index contributed by atoms with van der Waals surface area (Å²) in [5, 5.41) is 3.09. The van der Waals surface area contributed by atoms with Gasteiger partial charge in [0, 0.05) is 12.6 Å². The fourth-order valence-corrected chi connectivity index (χ4v) is 4.78. The number of hydrogen-bond acceptors (Lipinski definition) is 3. The third-order valence-corrected chi connectivity index (χ3v) is 6.09. The molecule has 0 aliphatic heterocycles. The Morgan fingerprint density at radius 1 is 1.19 bits per heavy atom. The van der Waals surface area contributed by atoms with E-state index in [-0.39, 0.29) is 6.04 Å². The van der Waals surface area contributed by atoms with Crippen molar-refractivity contribution in [1.82, 2.24) is 10.0 Å². The van der Waals surface area contributed by atoms with Crippen LogP contribution < -0.4 is 10.0 Å². The standard InChI is InChI=1S/C16H26N2O2S/c1-11-6-5-7-15(11)18-21(19,20)16-9-14(10-17-4)12(2)8-13(16)3/h8-9,11,15,17-18H,5-7,10H2,1-4H3. The zero-order valence-electron chi connectivity index (χ0n) is 13.4. The molecule has 0 heterocycles. The van der Waals surface area contributed by atoms with Gasteiger partial charge in [-0.25, -0.2) is 13.1 Å². The summed E-state index contributed by atoms with van der Waals surface area (Å²) in [7, 11) is -1.58. The van der Waals surface area contributed by atoms with Gasteiger partial charge in [0.1, 0.15) is 0 Å². The highest BCUT2D eigenvalue weighted by molar-refractivity contribution is 7.89. The van der Waals surface area contributed by atoms with Crippen molar-refractivity contribution in [1.29, 1.82) is 0 Å². The van der Waals surface area contributed by atoms with Gasteiger partial charge >= 0.3 is 0 Å². The molecule has 21 heavy (non-hydrogen) atoms. The molecule has 1 saturated carbocycles. The first kappa shape index (κ1) is 16.5. The molecule has 4 nitrogen and oxygen atoms in total. The van der Waals surface area contributed by atoms with Crippen LogP contribution in [-0.2, 0) is 16.6 Å². The smallest absolute Gasteiger partial charge is 0.241 e. The van der Waals surface area contributed by atoms with Crippen molar-refractivity contribution in [2.24, 2.45) is 5.92 Å². The van der Waals surface area contributed by atoms with Crippen LogP contribution >= 0.6 is 0 Å². The second kappa shape index (κ2) is 6.46. The number of nitrogens with one attached hydrogen (secondary N) is 2. The van der Waals surface area contributed by atoms with Gasteiger partial charge < -0.3 is 5.32 Å². The molecule has 1 aliphatic carbocycles. The third kappa shape index (κ3) is 3.65. The number of hydrogen-bond donors (Lipinski definition) is 2. The molecule has 1 aliphatic rings. The minimum atomic E-state index is -3.44. The Labute approximate surface area is 128 Å². The zero-order chi connectivity index (χ0) is 15.6. The molecule has 1 fully saturated rings. The lowest BCUT2D eigenvalue weighted by Crippen LogP contribution is -2.36. The molecule has 0 saturated heterocycles. The van der Waals surface area contributed by atoms with Gasteiger partial charge in [0.05, 0.1) is 4.90 Å². The minimum Gasteiger partial charge on any atom is -0.316 e. The minimum absolute atomic E-state index is 0.0726. The van der Waals surface area contributed by atoms with Crippen molar-refractivity contribution in [3.63, 3.8) is 0 Å². The van der Waals surface area contributed by atoms with Gasteiger partial charge in [0.2, 0.25) is 10.0 Å². The topological polar surface area (TPSA) is 58.2 Å². The van der Waals surface area contributed by atoms with Crippen LogP contribution in [0, 0.1) is 19.8 Å². The molecule has 5 heteroatoms. The Bertz CT molecular complexity index is 611. The molecule has 0 aromatic heterocycles. The van der Waals surface area contributed by atoms with Crippen LogP contribution in [-0.4, -0.2) is 21.5 Å². The highest BCUT2D eigenvalue weighted by Crippen LogP contribution is 2.27. The Balaban J connectivity index is 2.32. The van der Waals surface area contributed by atoms with Gasteiger partial charge in [-0.3, -0.25) is 0 Å². The lowest BCUT2D eigenvalue weighted by molar-refractivity contribution is 0.476. The third-order valence-electron chi connectivity index (χ3n) is 4.46. The summed E-state index contributed by atoms with van der Waals surface area (Å²) in [4.78, 5) is 0.414. The fraction of sp³-hybridized carbons (Fsp3) is 0.625. The molecule has 118 valence electrons. The molecule has 2 unspecified atom stereocenters. The van der Waals surface area contributed by atoms with Crippen LogP contribution in [0.5, 0.6) is 0 Å². The van der Waals surface area contributed by atoms with E-state index in [4.69, 9.17) is 0 Å². The molecule has 1 aromatic rings. The molecule has 0 spiro atoms. The fourth-order valence-electron chi connectivity index (χ4n) is 3.13. The monoisotopic (exact) mass is 310 g/mol. The summed E-state index contributed by atoms with van der Waals surface area (Å²) >= 11 is 0. The zero-order valence-corrected chi connectivity index (χ0v) is 14.2. The van der Waals surface area contributed by atoms with Crippen LogP contribution in [0.3, 0.4) is 0 Å². The molecule has 0 amide bonds. The summed E-state index contributed by atoms with van der Waals surface area (Å²) in [6, 6.07) is 3.84. The van der Waals surface area contributed by atoms with Crippen LogP contribution in [0.15, 0.2) is 17.0 Å². The first-order chi connectivity index (χ1) is 9.85. The van der Waals surface area contributed by atoms with Gasteiger partial charge in [-0.1, -0.05) is 19.4 Å². The maximum Gasteiger partial charge on any atom is 0.241 e. The summed E-state index contributed by atoms with van der Waals surface area (Å²) in [5.41, 5.74) is 2.96. The van der Waals surface area contributed by atoms with Crippen molar-refractivity contribution in [3.05, 3.63) is 28.8 Å². The van der Waals surface area contributed by atoms with Crippen LogP contribution in [0.25, 0.3) is 0 Å². The average molecular weight is 310 g/mol. The van der Waals surface area contributed by atoms with Gasteiger partial charge in [0.25, 0.3) is 0 Å². The van der Waals surface area contributed by atoms with E-state index in [0.29, 0.717) is 17.4 Å². The van der Waals surface area contributed by atoms with E-state index in [9.17, 15) is 8.42 Å². The Morgan fingerprint density at radius 3 is 2.48 bits per heavy atom. The van der Waals surface area contributed by atoms with E-state index < -0.39 is 10.0 Å². The van der Waals surface area contributed by atoms with Gasteiger partial charge in [-0.2, -0.15) is 0 Å². The molecular weight excluding hydrogens is 284 g/mol. The maximum absolute atomic E-state index is 12.7. The lowest BCUT2D eigenvalue weighted by atomic mass is 10.1. The molecular formula is C16H26N2O2S. The summed E-state index contributed by atoms with van der Waals surface area (Å²) in [6.45, 7) is 6.68. The number of sulfonamides is 1. The number of aryl methyl sites for hydroxylation is 2. The predicted octanol–water partition coefficient (Wildman–Crippen LogP) is 2.49. The first-order valence-electron chi connectivity index (χ1n) is 7.62. The highest BCUT2D eigenvalue weighted by atomic mass is 32.2. The van der Waals surface area contributed by atoms with E-state index in [0.717, 1.165) is 36.0 Å². The average Bonchev–Trinajstić information content (AvgIpc) is 2.77. The summed E-state index contributed by atoms with van der Waals surface area (Å²) in [5.74, 6) is 0.419. The Hall–Kier alpha value is -0.910. The van der Waals surface area contributed by atoms with Crippen molar-refractivity contribution in [2.75, 3.05) is 7.05 Å². The molecule has 1 aromatic carbocycles. The van der Waals surface area contributed by atoms with Gasteiger partial charge in [0.15, 0.2) is 0 Å². The van der Waals surface area contributed by atoms with Crippen LogP contribution in [0.2, 0.25) is 0 Å². The van der Waals surface area contributed by atoms with Crippen LogP contribution in [0.1, 0.15) is 42.9 Å². The molecule has 2 rings (SSSR count). The first-order valence-corrected chi connectivity index (χ1v) is 9.10. The largest absolute Gasteiger partial charge is 0.316 e. The van der Waals surface area contributed by atoms with Crippen LogP contribution in [0.4, 0.5) is 0 Å². The maximum atomic E-state index is 12.7. The van der Waals surface area contributed by atoms with E-state index in [1.165, 1.54) is 0 Å². The van der Waals surface area contributed by atoms with Crippen molar-refractivity contribution in [3.8, 4) is 0 Å². The second-order valence-corrected chi connectivity index (χ2v) is 7.89. The van der Waals surface area contributed by atoms with E-state index in [1.807, 2.05) is 33.0 Å². The lowest BCUT2D eigenvalue weighted by Gasteiger charge is -2.19. The van der Waals surface area contributed by atoms with Gasteiger partial charge in [-0.15, -0.1) is 0 Å². The van der Waals surface area contributed by atoms with Gasteiger partial charge in [-0.05, 0) is 62.4 Å². The normalized spacial score (nSPS) is 22.7. The van der Waals surface area contributed by atoms with Crippen molar-refractivity contribution < 1.29 is 8.42 Å². The molecule has 0 bridgehead atoms. The molecule has 0 radical (unpaired) electrons. The Kier molecular flexibility index (Phi) is 5.07. The number of rotatable bonds is 5. The van der Waals surface area contributed by atoms with E-state index in [1.54, 1.807) is 0 Å².